The molecule has 1 amide bonds. The SMILES string of the molecule is COc1cc(OC)c(NC(=O)c2ccc(F)cc2)c(OC)c1. The smallest absolute Gasteiger partial charge is 0.255 e. The van der Waals surface area contributed by atoms with Gasteiger partial charge in [0.2, 0.25) is 0 Å². The number of ether oxygens (including phenoxy) is 3. The van der Waals surface area contributed by atoms with Crippen LogP contribution in [0.5, 0.6) is 17.2 Å². The Hall–Kier alpha value is -2.76. The topological polar surface area (TPSA) is 56.8 Å². The van der Waals surface area contributed by atoms with Crippen molar-refractivity contribution in [3.8, 4) is 17.2 Å². The third kappa shape index (κ3) is 3.28. The maximum atomic E-state index is 12.9. The molecule has 0 unspecified atom stereocenters. The van der Waals surface area contributed by atoms with E-state index in [4.69, 9.17) is 14.2 Å². The summed E-state index contributed by atoms with van der Waals surface area (Å²) in [5.41, 5.74) is 0.696. The highest BCUT2D eigenvalue weighted by Crippen LogP contribution is 2.39. The van der Waals surface area contributed by atoms with Gasteiger partial charge >= 0.3 is 0 Å². The zero-order valence-corrected chi connectivity index (χ0v) is 12.5. The normalized spacial score (nSPS) is 10.0. The van der Waals surface area contributed by atoms with Gasteiger partial charge in [0.05, 0.1) is 21.3 Å². The Morgan fingerprint density at radius 1 is 0.955 bits per heavy atom. The molecule has 0 radical (unpaired) electrons. The van der Waals surface area contributed by atoms with Gasteiger partial charge in [0.25, 0.3) is 5.91 Å². The van der Waals surface area contributed by atoms with Crippen molar-refractivity contribution in [2.45, 2.75) is 0 Å². The summed E-state index contributed by atoms with van der Waals surface area (Å²) < 4.78 is 28.6. The van der Waals surface area contributed by atoms with E-state index < -0.39 is 11.7 Å². The predicted molar refractivity (Wildman–Crippen MR) is 80.5 cm³/mol. The Morgan fingerprint density at radius 3 is 1.95 bits per heavy atom. The third-order valence-electron chi connectivity index (χ3n) is 3.06. The van der Waals surface area contributed by atoms with Crippen molar-refractivity contribution in [2.24, 2.45) is 0 Å². The van der Waals surface area contributed by atoms with E-state index in [0.717, 1.165) is 0 Å². The molecule has 2 aromatic carbocycles. The number of carbonyl (C=O) groups is 1. The number of anilines is 1. The van der Waals surface area contributed by atoms with Crippen LogP contribution < -0.4 is 19.5 Å². The van der Waals surface area contributed by atoms with E-state index >= 15 is 0 Å². The second-order valence-corrected chi connectivity index (χ2v) is 4.37. The molecule has 0 atom stereocenters. The lowest BCUT2D eigenvalue weighted by Gasteiger charge is -2.15. The molecule has 0 bridgehead atoms. The molecule has 5 nitrogen and oxygen atoms in total. The number of rotatable bonds is 5. The highest BCUT2D eigenvalue weighted by Gasteiger charge is 2.16. The van der Waals surface area contributed by atoms with E-state index in [0.29, 0.717) is 28.5 Å². The molecule has 2 rings (SSSR count). The lowest BCUT2D eigenvalue weighted by Crippen LogP contribution is -2.13. The fourth-order valence-corrected chi connectivity index (χ4v) is 1.92. The van der Waals surface area contributed by atoms with Crippen LogP contribution in [0.1, 0.15) is 10.4 Å². The minimum Gasteiger partial charge on any atom is -0.496 e. The standard InChI is InChI=1S/C16H16FNO4/c1-20-12-8-13(21-2)15(14(9-12)22-3)18-16(19)10-4-6-11(17)7-5-10/h4-9H,1-3H3,(H,18,19). The number of halogens is 1. The van der Waals surface area contributed by atoms with Gasteiger partial charge in [0.15, 0.2) is 0 Å². The van der Waals surface area contributed by atoms with E-state index in [1.165, 1.54) is 45.6 Å². The molecule has 6 heteroatoms. The van der Waals surface area contributed by atoms with Crippen LogP contribution in [0.4, 0.5) is 10.1 Å². The number of benzene rings is 2. The van der Waals surface area contributed by atoms with Crippen LogP contribution in [0.25, 0.3) is 0 Å². The van der Waals surface area contributed by atoms with Crippen LogP contribution in [0, 0.1) is 5.82 Å². The Labute approximate surface area is 127 Å². The fraction of sp³-hybridized carbons (Fsp3) is 0.188. The molecule has 0 saturated carbocycles. The van der Waals surface area contributed by atoms with Crippen molar-refractivity contribution >= 4 is 11.6 Å². The molecule has 0 aliphatic carbocycles. The van der Waals surface area contributed by atoms with E-state index in [1.807, 2.05) is 0 Å². The van der Waals surface area contributed by atoms with Crippen LogP contribution >= 0.6 is 0 Å². The molecule has 1 N–H and O–H groups in total. The van der Waals surface area contributed by atoms with Gasteiger partial charge in [-0.2, -0.15) is 0 Å². The van der Waals surface area contributed by atoms with E-state index in [2.05, 4.69) is 5.32 Å². The minimum atomic E-state index is -0.406. The minimum absolute atomic E-state index is 0.321. The number of carbonyl (C=O) groups excluding carboxylic acids is 1. The monoisotopic (exact) mass is 305 g/mol. The summed E-state index contributed by atoms with van der Waals surface area (Å²) in [6, 6.07) is 8.49. The fourth-order valence-electron chi connectivity index (χ4n) is 1.92. The maximum Gasteiger partial charge on any atom is 0.255 e. The first-order valence-corrected chi connectivity index (χ1v) is 6.46. The lowest BCUT2D eigenvalue weighted by atomic mass is 10.2. The molecule has 0 saturated heterocycles. The van der Waals surface area contributed by atoms with E-state index in [9.17, 15) is 9.18 Å². The predicted octanol–water partition coefficient (Wildman–Crippen LogP) is 3.10. The van der Waals surface area contributed by atoms with E-state index in [1.54, 1.807) is 12.1 Å². The quantitative estimate of drug-likeness (QED) is 0.922. The zero-order valence-electron chi connectivity index (χ0n) is 12.5. The summed E-state index contributed by atoms with van der Waals surface area (Å²) in [5, 5.41) is 2.70. The summed E-state index contributed by atoms with van der Waals surface area (Å²) >= 11 is 0. The average molecular weight is 305 g/mol. The van der Waals surface area contributed by atoms with Crippen molar-refractivity contribution in [1.82, 2.24) is 0 Å². The molecule has 0 aromatic heterocycles. The number of hydrogen-bond donors (Lipinski definition) is 1. The molecule has 116 valence electrons. The molecule has 22 heavy (non-hydrogen) atoms. The average Bonchev–Trinajstić information content (AvgIpc) is 2.55. The Kier molecular flexibility index (Phi) is 4.83. The number of hydrogen-bond acceptors (Lipinski definition) is 4. The van der Waals surface area contributed by atoms with Gasteiger partial charge in [-0.3, -0.25) is 4.79 Å². The third-order valence-corrected chi connectivity index (χ3v) is 3.06. The number of methoxy groups -OCH3 is 3. The van der Waals surface area contributed by atoms with Gasteiger partial charge in [-0.1, -0.05) is 0 Å². The Balaban J connectivity index is 2.35. The largest absolute Gasteiger partial charge is 0.496 e. The first kappa shape index (κ1) is 15.6. The number of amides is 1. The van der Waals surface area contributed by atoms with Crippen molar-refractivity contribution in [3.63, 3.8) is 0 Å². The van der Waals surface area contributed by atoms with Gasteiger partial charge in [0, 0.05) is 17.7 Å². The molecule has 0 spiro atoms. The Bertz CT molecular complexity index is 645. The van der Waals surface area contributed by atoms with Crippen LogP contribution in [-0.4, -0.2) is 27.2 Å². The first-order valence-electron chi connectivity index (χ1n) is 6.46. The van der Waals surface area contributed by atoms with Gasteiger partial charge in [-0.05, 0) is 24.3 Å². The summed E-state index contributed by atoms with van der Waals surface area (Å²) in [4.78, 5) is 12.2. The summed E-state index contributed by atoms with van der Waals surface area (Å²) in [6.07, 6.45) is 0. The lowest BCUT2D eigenvalue weighted by molar-refractivity contribution is 0.102. The van der Waals surface area contributed by atoms with Crippen LogP contribution in [0.2, 0.25) is 0 Å². The van der Waals surface area contributed by atoms with Crippen LogP contribution in [-0.2, 0) is 0 Å². The maximum absolute atomic E-state index is 12.9. The van der Waals surface area contributed by atoms with Gasteiger partial charge in [-0.15, -0.1) is 0 Å². The van der Waals surface area contributed by atoms with Crippen LogP contribution in [0.3, 0.4) is 0 Å². The zero-order chi connectivity index (χ0) is 16.1. The Morgan fingerprint density at radius 2 is 1.50 bits per heavy atom. The molecule has 0 aliphatic rings. The molecule has 2 aromatic rings. The van der Waals surface area contributed by atoms with Crippen molar-refractivity contribution in [3.05, 3.63) is 47.8 Å². The second kappa shape index (κ2) is 6.80. The number of nitrogens with one attached hydrogen (secondary N) is 1. The highest BCUT2D eigenvalue weighted by molar-refractivity contribution is 6.06. The van der Waals surface area contributed by atoms with Gasteiger partial charge < -0.3 is 19.5 Å². The van der Waals surface area contributed by atoms with Crippen LogP contribution in [0.15, 0.2) is 36.4 Å². The molecular weight excluding hydrogens is 289 g/mol. The summed E-state index contributed by atoms with van der Waals surface area (Å²) in [6.45, 7) is 0. The van der Waals surface area contributed by atoms with Crippen molar-refractivity contribution in [2.75, 3.05) is 26.6 Å². The van der Waals surface area contributed by atoms with E-state index in [-0.39, 0.29) is 0 Å². The molecule has 0 aliphatic heterocycles. The second-order valence-electron chi connectivity index (χ2n) is 4.37. The molecule has 0 heterocycles. The summed E-state index contributed by atoms with van der Waals surface area (Å²) in [7, 11) is 4.47. The highest BCUT2D eigenvalue weighted by atomic mass is 19.1. The molecule has 0 fully saturated rings. The molecular formula is C16H16FNO4. The van der Waals surface area contributed by atoms with Crippen molar-refractivity contribution < 1.29 is 23.4 Å². The van der Waals surface area contributed by atoms with Gasteiger partial charge in [0.1, 0.15) is 28.8 Å². The summed E-state index contributed by atoms with van der Waals surface area (Å²) in [5.74, 6) is 0.518. The first-order chi connectivity index (χ1) is 10.6. The van der Waals surface area contributed by atoms with Crippen molar-refractivity contribution in [1.29, 1.82) is 0 Å². The van der Waals surface area contributed by atoms with Gasteiger partial charge in [-0.25, -0.2) is 4.39 Å².